The van der Waals surface area contributed by atoms with Gasteiger partial charge in [-0.25, -0.2) is 0 Å². The Balaban J connectivity index is 1.36. The number of hydrogen-bond acceptors (Lipinski definition) is 3. The van der Waals surface area contributed by atoms with Crippen molar-refractivity contribution in [3.63, 3.8) is 0 Å². The number of amides is 1. The maximum absolute atomic E-state index is 12.9. The zero-order chi connectivity index (χ0) is 20.5. The molecule has 0 spiro atoms. The van der Waals surface area contributed by atoms with Crippen LogP contribution < -0.4 is 5.32 Å². The van der Waals surface area contributed by atoms with Crippen LogP contribution >= 0.6 is 0 Å². The number of aromatic nitrogens is 3. The normalized spacial score (nSPS) is 13.7. The Labute approximate surface area is 174 Å². The summed E-state index contributed by atoms with van der Waals surface area (Å²) in [6, 6.07) is 17.7. The molecule has 0 fully saturated rings. The summed E-state index contributed by atoms with van der Waals surface area (Å²) >= 11 is 0. The van der Waals surface area contributed by atoms with Crippen molar-refractivity contribution in [3.05, 3.63) is 89.4 Å². The molecule has 0 saturated carbocycles. The van der Waals surface area contributed by atoms with E-state index in [0.29, 0.717) is 30.8 Å². The van der Waals surface area contributed by atoms with Crippen molar-refractivity contribution < 1.29 is 9.59 Å². The number of hydrogen-bond donors (Lipinski definition) is 1. The minimum Gasteiger partial charge on any atom is -0.351 e. The van der Waals surface area contributed by atoms with Gasteiger partial charge in [0.15, 0.2) is 5.78 Å². The van der Waals surface area contributed by atoms with Gasteiger partial charge in [-0.2, -0.15) is 5.10 Å². The molecule has 150 valence electrons. The average Bonchev–Trinajstić information content (AvgIpc) is 3.30. The van der Waals surface area contributed by atoms with Gasteiger partial charge in [0.05, 0.1) is 12.7 Å². The molecule has 6 heteroatoms. The smallest absolute Gasteiger partial charge is 0.267 e. The molecule has 2 aromatic carbocycles. The van der Waals surface area contributed by atoms with Crippen LogP contribution in [0.3, 0.4) is 0 Å². The lowest BCUT2D eigenvalue weighted by Gasteiger charge is -2.06. The van der Waals surface area contributed by atoms with E-state index < -0.39 is 0 Å². The number of benzene rings is 2. The van der Waals surface area contributed by atoms with Crippen LogP contribution in [0, 0.1) is 0 Å². The van der Waals surface area contributed by atoms with E-state index in [1.165, 1.54) is 5.56 Å². The molecule has 0 atom stereocenters. The molecule has 1 amide bonds. The standard InChI is InChI=1S/C24H22N4O2/c29-23(11-18-14-26-27(16-18)15-17-5-2-1-3-6-17)20-8-7-19-12-22-24(30)25-9-4-10-28(22)21(19)13-20/h1-3,5-8,12-14,16H,4,9-11,15H2,(H,25,30). The average molecular weight is 398 g/mol. The quantitative estimate of drug-likeness (QED) is 0.524. The first kappa shape index (κ1) is 18.4. The number of aryl methyl sites for hydroxylation is 1. The van der Waals surface area contributed by atoms with E-state index in [4.69, 9.17) is 0 Å². The van der Waals surface area contributed by atoms with Crippen molar-refractivity contribution in [2.75, 3.05) is 6.54 Å². The molecule has 5 rings (SSSR count). The molecule has 0 aliphatic carbocycles. The van der Waals surface area contributed by atoms with Crippen LogP contribution in [-0.2, 0) is 19.5 Å². The summed E-state index contributed by atoms with van der Waals surface area (Å²) in [4.78, 5) is 25.2. The van der Waals surface area contributed by atoms with E-state index >= 15 is 0 Å². The van der Waals surface area contributed by atoms with E-state index in [-0.39, 0.29) is 11.7 Å². The number of carbonyl (C=O) groups excluding carboxylic acids is 2. The molecule has 6 nitrogen and oxygen atoms in total. The van der Waals surface area contributed by atoms with Crippen molar-refractivity contribution in [1.82, 2.24) is 19.7 Å². The predicted molar refractivity (Wildman–Crippen MR) is 115 cm³/mol. The topological polar surface area (TPSA) is 68.9 Å². The van der Waals surface area contributed by atoms with E-state index in [1.807, 2.05) is 57.9 Å². The molecule has 4 aromatic rings. The van der Waals surface area contributed by atoms with Crippen LogP contribution in [0.2, 0.25) is 0 Å². The number of fused-ring (bicyclic) bond motifs is 3. The van der Waals surface area contributed by atoms with E-state index in [2.05, 4.69) is 22.5 Å². The molecule has 2 aromatic heterocycles. The van der Waals surface area contributed by atoms with Gasteiger partial charge in [-0.05, 0) is 29.7 Å². The number of rotatable bonds is 5. The van der Waals surface area contributed by atoms with Crippen LogP contribution in [0.25, 0.3) is 10.9 Å². The minimum absolute atomic E-state index is 0.0461. The van der Waals surface area contributed by atoms with Gasteiger partial charge in [0, 0.05) is 42.2 Å². The van der Waals surface area contributed by atoms with Crippen molar-refractivity contribution in [1.29, 1.82) is 0 Å². The Morgan fingerprint density at radius 2 is 1.93 bits per heavy atom. The maximum Gasteiger partial charge on any atom is 0.267 e. The Kier molecular flexibility index (Phi) is 4.67. The third-order valence-electron chi connectivity index (χ3n) is 5.54. The third-order valence-corrected chi connectivity index (χ3v) is 5.54. The third kappa shape index (κ3) is 3.52. The van der Waals surface area contributed by atoms with Gasteiger partial charge in [0.25, 0.3) is 5.91 Å². The molecule has 0 saturated heterocycles. The Morgan fingerprint density at radius 1 is 1.07 bits per heavy atom. The van der Waals surface area contributed by atoms with Gasteiger partial charge < -0.3 is 9.88 Å². The molecule has 0 bridgehead atoms. The molecule has 0 radical (unpaired) electrons. The maximum atomic E-state index is 12.9. The lowest BCUT2D eigenvalue weighted by molar-refractivity contribution is 0.0950. The Morgan fingerprint density at radius 3 is 2.80 bits per heavy atom. The van der Waals surface area contributed by atoms with Crippen LogP contribution in [0.5, 0.6) is 0 Å². The van der Waals surface area contributed by atoms with Crippen molar-refractivity contribution in [2.24, 2.45) is 0 Å². The largest absolute Gasteiger partial charge is 0.351 e. The fourth-order valence-corrected chi connectivity index (χ4v) is 4.03. The number of ketones is 1. The second-order valence-electron chi connectivity index (χ2n) is 7.70. The zero-order valence-corrected chi connectivity index (χ0v) is 16.5. The van der Waals surface area contributed by atoms with Gasteiger partial charge in [-0.15, -0.1) is 0 Å². The first-order valence-corrected chi connectivity index (χ1v) is 10.2. The van der Waals surface area contributed by atoms with Crippen LogP contribution in [-0.4, -0.2) is 32.6 Å². The molecular weight excluding hydrogens is 376 g/mol. The second-order valence-corrected chi connectivity index (χ2v) is 7.70. The highest BCUT2D eigenvalue weighted by atomic mass is 16.2. The molecular formula is C24H22N4O2. The predicted octanol–water partition coefficient (Wildman–Crippen LogP) is 3.45. The number of Topliss-reactive ketones (excluding diaryl/α,β-unsaturated/α-hetero) is 1. The summed E-state index contributed by atoms with van der Waals surface area (Å²) in [5.41, 5.74) is 4.32. The summed E-state index contributed by atoms with van der Waals surface area (Å²) in [6.45, 7) is 2.12. The van der Waals surface area contributed by atoms with E-state index in [1.54, 1.807) is 6.20 Å². The lowest BCUT2D eigenvalue weighted by Crippen LogP contribution is -2.22. The van der Waals surface area contributed by atoms with Crippen LogP contribution in [0.1, 0.15) is 38.4 Å². The first-order chi connectivity index (χ1) is 14.7. The molecule has 1 aliphatic heterocycles. The van der Waals surface area contributed by atoms with Crippen molar-refractivity contribution in [2.45, 2.75) is 25.9 Å². The Bertz CT molecular complexity index is 1240. The molecule has 0 unspecified atom stereocenters. The highest BCUT2D eigenvalue weighted by molar-refractivity contribution is 6.03. The number of nitrogens with one attached hydrogen (secondary N) is 1. The summed E-state index contributed by atoms with van der Waals surface area (Å²) in [5.74, 6) is -0.00723. The van der Waals surface area contributed by atoms with Gasteiger partial charge >= 0.3 is 0 Å². The van der Waals surface area contributed by atoms with Crippen LogP contribution in [0.15, 0.2) is 67.0 Å². The summed E-state index contributed by atoms with van der Waals surface area (Å²) in [6.07, 6.45) is 4.86. The SMILES string of the molecule is O=C(Cc1cnn(Cc2ccccc2)c1)c1ccc2cc3n(c2c1)CCCNC3=O. The fraction of sp³-hybridized carbons (Fsp3) is 0.208. The molecule has 3 heterocycles. The van der Waals surface area contributed by atoms with Crippen molar-refractivity contribution >= 4 is 22.6 Å². The molecule has 1 N–H and O–H groups in total. The fourth-order valence-electron chi connectivity index (χ4n) is 4.03. The van der Waals surface area contributed by atoms with Gasteiger partial charge in [-0.3, -0.25) is 14.3 Å². The monoisotopic (exact) mass is 398 g/mol. The van der Waals surface area contributed by atoms with Gasteiger partial charge in [0.1, 0.15) is 5.69 Å². The molecule has 30 heavy (non-hydrogen) atoms. The van der Waals surface area contributed by atoms with E-state index in [0.717, 1.165) is 29.4 Å². The summed E-state index contributed by atoms with van der Waals surface area (Å²) < 4.78 is 3.87. The highest BCUT2D eigenvalue weighted by Crippen LogP contribution is 2.24. The summed E-state index contributed by atoms with van der Waals surface area (Å²) in [7, 11) is 0. The second kappa shape index (κ2) is 7.63. The number of carbonyl (C=O) groups is 2. The lowest BCUT2D eigenvalue weighted by atomic mass is 10.0. The van der Waals surface area contributed by atoms with E-state index in [9.17, 15) is 9.59 Å². The van der Waals surface area contributed by atoms with Gasteiger partial charge in [-0.1, -0.05) is 42.5 Å². The minimum atomic E-state index is -0.0533. The van der Waals surface area contributed by atoms with Gasteiger partial charge in [0.2, 0.25) is 0 Å². The highest BCUT2D eigenvalue weighted by Gasteiger charge is 2.19. The number of nitrogens with zero attached hydrogens (tertiary/aromatic N) is 3. The zero-order valence-electron chi connectivity index (χ0n) is 16.5. The van der Waals surface area contributed by atoms with Crippen molar-refractivity contribution in [3.8, 4) is 0 Å². The van der Waals surface area contributed by atoms with Crippen LogP contribution in [0.4, 0.5) is 0 Å². The Hall–Kier alpha value is -3.67. The molecule has 1 aliphatic rings. The first-order valence-electron chi connectivity index (χ1n) is 10.2. The summed E-state index contributed by atoms with van der Waals surface area (Å²) in [5, 5.41) is 8.29.